The van der Waals surface area contributed by atoms with Gasteiger partial charge in [-0.2, -0.15) is 5.26 Å². The van der Waals surface area contributed by atoms with Gasteiger partial charge in [0, 0.05) is 0 Å². The van der Waals surface area contributed by atoms with Gasteiger partial charge in [0.25, 0.3) is 0 Å². The molecule has 0 spiro atoms. The van der Waals surface area contributed by atoms with Gasteiger partial charge in [-0.05, 0) is 36.3 Å². The molecule has 0 bridgehead atoms. The molecule has 1 unspecified atom stereocenters. The van der Waals surface area contributed by atoms with Crippen LogP contribution in [0.25, 0.3) is 6.08 Å². The van der Waals surface area contributed by atoms with Crippen molar-refractivity contribution in [2.24, 2.45) is 0 Å². The molecule has 0 radical (unpaired) electrons. The van der Waals surface area contributed by atoms with Crippen LogP contribution < -0.4 is 9.64 Å². The Bertz CT molecular complexity index is 834. The first-order chi connectivity index (χ1) is 11.7. The largest absolute Gasteiger partial charge is 0.420 e. The van der Waals surface area contributed by atoms with E-state index in [9.17, 15) is 10.1 Å². The number of nitrogens with zero attached hydrogens (tertiary/aromatic N) is 2. The molecule has 0 fully saturated rings. The molecule has 2 aromatic rings. The summed E-state index contributed by atoms with van der Waals surface area (Å²) in [4.78, 5) is 14.3. The number of ether oxygens (including phenoxy) is 1. The standard InChI is InChI=1S/C20H16N2O2/c1-2-8-18-16(14-21)13-15-9-6-7-12-19(15)22(18)20(23)24-17-10-4-3-5-11-17/h2-7,9-13,18H,1,8H2. The lowest BCUT2D eigenvalue weighted by atomic mass is 9.94. The number of nitriles is 1. The van der Waals surface area contributed by atoms with E-state index in [0.717, 1.165) is 11.3 Å². The number of carbonyl (C=O) groups excluding carboxylic acids is 1. The van der Waals surface area contributed by atoms with E-state index in [4.69, 9.17) is 4.74 Å². The van der Waals surface area contributed by atoms with E-state index in [-0.39, 0.29) is 0 Å². The third-order valence-corrected chi connectivity index (χ3v) is 3.84. The average molecular weight is 316 g/mol. The second-order valence-electron chi connectivity index (χ2n) is 5.36. The molecule has 3 rings (SSSR count). The van der Waals surface area contributed by atoms with Crippen molar-refractivity contribution in [1.29, 1.82) is 5.26 Å². The van der Waals surface area contributed by atoms with Crippen molar-refractivity contribution in [3.63, 3.8) is 0 Å². The Balaban J connectivity index is 2.01. The number of amides is 1. The van der Waals surface area contributed by atoms with Crippen LogP contribution in [0.1, 0.15) is 12.0 Å². The Kier molecular flexibility index (Phi) is 4.44. The number of hydrogen-bond acceptors (Lipinski definition) is 3. The van der Waals surface area contributed by atoms with E-state index in [1.165, 1.54) is 4.90 Å². The Morgan fingerprint density at radius 2 is 1.92 bits per heavy atom. The molecule has 1 aliphatic heterocycles. The molecule has 2 aromatic carbocycles. The van der Waals surface area contributed by atoms with Crippen LogP contribution in [0.3, 0.4) is 0 Å². The average Bonchev–Trinajstić information content (AvgIpc) is 2.62. The van der Waals surface area contributed by atoms with Crippen LogP contribution in [0.4, 0.5) is 10.5 Å². The summed E-state index contributed by atoms with van der Waals surface area (Å²) in [5.41, 5.74) is 2.06. The Morgan fingerprint density at radius 3 is 2.62 bits per heavy atom. The van der Waals surface area contributed by atoms with Crippen molar-refractivity contribution in [2.45, 2.75) is 12.5 Å². The number of anilines is 1. The molecule has 1 heterocycles. The van der Waals surface area contributed by atoms with Crippen LogP contribution in [0.5, 0.6) is 5.75 Å². The SMILES string of the molecule is C=CCC1C(C#N)=Cc2ccccc2N1C(=O)Oc1ccccc1. The van der Waals surface area contributed by atoms with E-state index in [2.05, 4.69) is 12.6 Å². The molecular formula is C20H16N2O2. The third kappa shape index (κ3) is 2.92. The van der Waals surface area contributed by atoms with Gasteiger partial charge in [0.2, 0.25) is 0 Å². The van der Waals surface area contributed by atoms with Crippen molar-refractivity contribution < 1.29 is 9.53 Å². The summed E-state index contributed by atoms with van der Waals surface area (Å²) in [5, 5.41) is 9.47. The van der Waals surface area contributed by atoms with Gasteiger partial charge in [-0.15, -0.1) is 6.58 Å². The minimum absolute atomic E-state index is 0.418. The molecule has 24 heavy (non-hydrogen) atoms. The fraction of sp³-hybridized carbons (Fsp3) is 0.100. The maximum absolute atomic E-state index is 12.8. The Hall–Kier alpha value is -3.32. The molecule has 1 atom stereocenters. The predicted molar refractivity (Wildman–Crippen MR) is 93.6 cm³/mol. The summed E-state index contributed by atoms with van der Waals surface area (Å²) in [6.07, 6.45) is 3.47. The number of benzene rings is 2. The third-order valence-electron chi connectivity index (χ3n) is 3.84. The van der Waals surface area contributed by atoms with Crippen LogP contribution in [-0.4, -0.2) is 12.1 Å². The highest BCUT2D eigenvalue weighted by atomic mass is 16.6. The van der Waals surface area contributed by atoms with Gasteiger partial charge in [-0.1, -0.05) is 42.5 Å². The van der Waals surface area contributed by atoms with Crippen LogP contribution in [-0.2, 0) is 0 Å². The highest BCUT2D eigenvalue weighted by Gasteiger charge is 2.33. The van der Waals surface area contributed by atoms with E-state index in [1.807, 2.05) is 36.4 Å². The quantitative estimate of drug-likeness (QED) is 0.780. The maximum atomic E-state index is 12.8. The number of rotatable bonds is 3. The summed E-state index contributed by atoms with van der Waals surface area (Å²) in [7, 11) is 0. The number of para-hydroxylation sites is 2. The summed E-state index contributed by atoms with van der Waals surface area (Å²) >= 11 is 0. The number of fused-ring (bicyclic) bond motifs is 1. The van der Waals surface area contributed by atoms with Crippen molar-refractivity contribution >= 4 is 17.9 Å². The highest BCUT2D eigenvalue weighted by Crippen LogP contribution is 2.34. The molecule has 4 heteroatoms. The van der Waals surface area contributed by atoms with Crippen molar-refractivity contribution in [1.82, 2.24) is 0 Å². The van der Waals surface area contributed by atoms with Crippen molar-refractivity contribution in [2.75, 3.05) is 4.90 Å². The summed E-state index contributed by atoms with van der Waals surface area (Å²) in [6, 6.07) is 18.1. The minimum atomic E-state index is -0.513. The molecule has 4 nitrogen and oxygen atoms in total. The summed E-state index contributed by atoms with van der Waals surface area (Å²) in [5.74, 6) is 0.463. The lowest BCUT2D eigenvalue weighted by Gasteiger charge is -2.34. The monoisotopic (exact) mass is 316 g/mol. The topological polar surface area (TPSA) is 53.3 Å². The predicted octanol–water partition coefficient (Wildman–Crippen LogP) is 4.56. The van der Waals surface area contributed by atoms with Gasteiger partial charge in [-0.25, -0.2) is 4.79 Å². The summed E-state index contributed by atoms with van der Waals surface area (Å²) < 4.78 is 5.50. The molecule has 1 aliphatic rings. The van der Waals surface area contributed by atoms with E-state index >= 15 is 0 Å². The molecule has 0 saturated carbocycles. The molecule has 0 saturated heterocycles. The van der Waals surface area contributed by atoms with E-state index < -0.39 is 12.1 Å². The molecule has 0 aliphatic carbocycles. The van der Waals surface area contributed by atoms with E-state index in [0.29, 0.717) is 17.7 Å². The van der Waals surface area contributed by atoms with Crippen LogP contribution in [0.2, 0.25) is 0 Å². The fourth-order valence-electron chi connectivity index (χ4n) is 2.76. The zero-order chi connectivity index (χ0) is 16.9. The minimum Gasteiger partial charge on any atom is -0.410 e. The zero-order valence-electron chi connectivity index (χ0n) is 13.1. The van der Waals surface area contributed by atoms with Crippen LogP contribution in [0.15, 0.2) is 72.8 Å². The number of carbonyl (C=O) groups is 1. The molecule has 0 aromatic heterocycles. The van der Waals surface area contributed by atoms with Gasteiger partial charge in [0.1, 0.15) is 5.75 Å². The first kappa shape index (κ1) is 15.6. The Morgan fingerprint density at radius 1 is 1.21 bits per heavy atom. The lowest BCUT2D eigenvalue weighted by Crippen LogP contribution is -2.44. The van der Waals surface area contributed by atoms with E-state index in [1.54, 1.807) is 30.3 Å². The maximum Gasteiger partial charge on any atom is 0.420 e. The van der Waals surface area contributed by atoms with Gasteiger partial charge in [0.05, 0.1) is 23.4 Å². The number of hydrogen-bond donors (Lipinski definition) is 0. The second-order valence-corrected chi connectivity index (χ2v) is 5.36. The van der Waals surface area contributed by atoms with Gasteiger partial charge >= 0.3 is 6.09 Å². The second kappa shape index (κ2) is 6.84. The smallest absolute Gasteiger partial charge is 0.410 e. The first-order valence-corrected chi connectivity index (χ1v) is 7.62. The van der Waals surface area contributed by atoms with Crippen LogP contribution >= 0.6 is 0 Å². The fourth-order valence-corrected chi connectivity index (χ4v) is 2.76. The highest BCUT2D eigenvalue weighted by molar-refractivity contribution is 5.96. The molecule has 118 valence electrons. The lowest BCUT2D eigenvalue weighted by molar-refractivity contribution is 0.206. The molecular weight excluding hydrogens is 300 g/mol. The Labute approximate surface area is 140 Å². The molecule has 0 N–H and O–H groups in total. The van der Waals surface area contributed by atoms with Gasteiger partial charge in [-0.3, -0.25) is 4.90 Å². The van der Waals surface area contributed by atoms with Crippen molar-refractivity contribution in [3.05, 3.63) is 78.4 Å². The zero-order valence-corrected chi connectivity index (χ0v) is 13.1. The van der Waals surface area contributed by atoms with Crippen molar-refractivity contribution in [3.8, 4) is 11.8 Å². The first-order valence-electron chi connectivity index (χ1n) is 7.62. The summed E-state index contributed by atoms with van der Waals surface area (Å²) in [6.45, 7) is 3.74. The normalized spacial score (nSPS) is 15.7. The molecule has 1 amide bonds. The van der Waals surface area contributed by atoms with Crippen LogP contribution in [0, 0.1) is 11.3 Å². The van der Waals surface area contributed by atoms with Gasteiger partial charge in [0.15, 0.2) is 0 Å². The van der Waals surface area contributed by atoms with Gasteiger partial charge < -0.3 is 4.74 Å².